The first-order chi connectivity index (χ1) is 9.28. The Labute approximate surface area is 117 Å². The van der Waals surface area contributed by atoms with Gasteiger partial charge in [0, 0.05) is 18.3 Å². The molecule has 102 valence electrons. The Hall–Kier alpha value is -1.46. The van der Waals surface area contributed by atoms with Crippen LogP contribution < -0.4 is 10.2 Å². The molecule has 1 N–H and O–H groups in total. The van der Waals surface area contributed by atoms with Gasteiger partial charge in [-0.05, 0) is 49.9 Å². The van der Waals surface area contributed by atoms with E-state index < -0.39 is 0 Å². The normalized spacial score (nSPS) is 15.8. The van der Waals surface area contributed by atoms with Gasteiger partial charge >= 0.3 is 0 Å². The van der Waals surface area contributed by atoms with E-state index in [1.165, 1.54) is 24.1 Å². The molecule has 0 heterocycles. The van der Waals surface area contributed by atoms with E-state index in [2.05, 4.69) is 47.3 Å². The predicted octanol–water partition coefficient (Wildman–Crippen LogP) is 3.21. The largest absolute Gasteiger partial charge is 0.360 e. The van der Waals surface area contributed by atoms with Crippen LogP contribution in [0.3, 0.4) is 0 Å². The minimum Gasteiger partial charge on any atom is -0.360 e. The molecular formula is C17H24N2. The quantitative estimate of drug-likeness (QED) is 0.754. The minimum atomic E-state index is 0.443. The molecule has 2 rings (SSSR count). The van der Waals surface area contributed by atoms with Gasteiger partial charge in [0.15, 0.2) is 0 Å². The first-order valence-corrected chi connectivity index (χ1v) is 7.24. The second-order valence-corrected chi connectivity index (χ2v) is 5.37. The van der Waals surface area contributed by atoms with Crippen LogP contribution in [0, 0.1) is 18.3 Å². The third-order valence-electron chi connectivity index (χ3n) is 3.87. The number of hydrogen-bond donors (Lipinski definition) is 1. The summed E-state index contributed by atoms with van der Waals surface area (Å²) in [6.45, 7) is 4.01. The van der Waals surface area contributed by atoms with E-state index in [0.717, 1.165) is 18.9 Å². The van der Waals surface area contributed by atoms with Crippen LogP contribution in [0.4, 0.5) is 5.69 Å². The van der Waals surface area contributed by atoms with Gasteiger partial charge in [-0.2, -0.15) is 0 Å². The molecule has 0 radical (unpaired) electrons. The van der Waals surface area contributed by atoms with Gasteiger partial charge in [0.05, 0.1) is 6.54 Å². The Bertz CT molecular complexity index is 422. The number of nitrogens with zero attached hydrogens (tertiary/aromatic N) is 1. The fraction of sp³-hybridized carbons (Fsp3) is 0.529. The van der Waals surface area contributed by atoms with Crippen molar-refractivity contribution >= 4 is 5.69 Å². The molecule has 0 aromatic heterocycles. The zero-order valence-electron chi connectivity index (χ0n) is 12.0. The van der Waals surface area contributed by atoms with E-state index in [-0.39, 0.29) is 0 Å². The Balaban J connectivity index is 2.08. The van der Waals surface area contributed by atoms with Crippen molar-refractivity contribution in [2.75, 3.05) is 25.0 Å². The highest BCUT2D eigenvalue weighted by Gasteiger charge is 2.24. The topological polar surface area (TPSA) is 15.3 Å². The summed E-state index contributed by atoms with van der Waals surface area (Å²) in [5.41, 5.74) is 2.60. The van der Waals surface area contributed by atoms with Gasteiger partial charge in [0.25, 0.3) is 0 Å². The summed E-state index contributed by atoms with van der Waals surface area (Å²) in [6, 6.07) is 9.29. The van der Waals surface area contributed by atoms with Crippen LogP contribution in [-0.4, -0.2) is 20.1 Å². The minimum absolute atomic E-state index is 0.443. The smallest absolute Gasteiger partial charge is 0.0791 e. The molecule has 1 aliphatic carbocycles. The third-order valence-corrected chi connectivity index (χ3v) is 3.87. The monoisotopic (exact) mass is 256 g/mol. The molecule has 0 amide bonds. The highest BCUT2D eigenvalue weighted by atomic mass is 15.1. The predicted molar refractivity (Wildman–Crippen MR) is 82.3 cm³/mol. The second kappa shape index (κ2) is 6.63. The van der Waals surface area contributed by atoms with Crippen molar-refractivity contribution in [2.45, 2.75) is 32.2 Å². The Morgan fingerprint density at radius 2 is 2.05 bits per heavy atom. The van der Waals surface area contributed by atoms with Gasteiger partial charge in [-0.1, -0.05) is 25.0 Å². The van der Waals surface area contributed by atoms with Crippen LogP contribution in [0.15, 0.2) is 24.3 Å². The average molecular weight is 256 g/mol. The van der Waals surface area contributed by atoms with Crippen molar-refractivity contribution in [3.63, 3.8) is 0 Å². The fourth-order valence-corrected chi connectivity index (χ4v) is 2.51. The van der Waals surface area contributed by atoms with Crippen LogP contribution in [0.25, 0.3) is 0 Å². The van der Waals surface area contributed by atoms with Gasteiger partial charge in [-0.25, -0.2) is 0 Å². The molecule has 1 saturated carbocycles. The third kappa shape index (κ3) is 3.75. The van der Waals surface area contributed by atoms with E-state index in [1.54, 1.807) is 0 Å². The lowest BCUT2D eigenvalue weighted by Gasteiger charge is -2.23. The number of terminal acetylenes is 1. The SMILES string of the molecule is C#CCN(CC1CC1)c1ccc(C(CC)NC)cc1. The molecule has 1 fully saturated rings. The van der Waals surface area contributed by atoms with Crippen molar-refractivity contribution in [1.82, 2.24) is 5.32 Å². The van der Waals surface area contributed by atoms with Crippen molar-refractivity contribution in [2.24, 2.45) is 5.92 Å². The van der Waals surface area contributed by atoms with Crippen molar-refractivity contribution < 1.29 is 0 Å². The zero-order chi connectivity index (χ0) is 13.7. The van der Waals surface area contributed by atoms with Gasteiger partial charge < -0.3 is 10.2 Å². The van der Waals surface area contributed by atoms with Crippen LogP contribution in [-0.2, 0) is 0 Å². The van der Waals surface area contributed by atoms with E-state index in [4.69, 9.17) is 6.42 Å². The summed E-state index contributed by atoms with van der Waals surface area (Å²) in [7, 11) is 2.01. The second-order valence-electron chi connectivity index (χ2n) is 5.37. The van der Waals surface area contributed by atoms with Gasteiger partial charge in [-0.15, -0.1) is 6.42 Å². The van der Waals surface area contributed by atoms with Gasteiger partial charge in [-0.3, -0.25) is 0 Å². The molecule has 0 spiro atoms. The Morgan fingerprint density at radius 1 is 1.37 bits per heavy atom. The first-order valence-electron chi connectivity index (χ1n) is 7.24. The molecule has 2 heteroatoms. The maximum atomic E-state index is 5.48. The first kappa shape index (κ1) is 14.0. The van der Waals surface area contributed by atoms with Crippen LogP contribution in [0.1, 0.15) is 37.8 Å². The molecule has 19 heavy (non-hydrogen) atoms. The Morgan fingerprint density at radius 3 is 2.53 bits per heavy atom. The van der Waals surface area contributed by atoms with E-state index in [0.29, 0.717) is 12.6 Å². The van der Waals surface area contributed by atoms with Gasteiger partial charge in [0.1, 0.15) is 0 Å². The van der Waals surface area contributed by atoms with Crippen molar-refractivity contribution in [1.29, 1.82) is 0 Å². The van der Waals surface area contributed by atoms with E-state index >= 15 is 0 Å². The summed E-state index contributed by atoms with van der Waals surface area (Å²) in [6.07, 6.45) is 9.30. The summed E-state index contributed by atoms with van der Waals surface area (Å²) in [5.74, 6) is 3.63. The average Bonchev–Trinajstić information content (AvgIpc) is 3.25. The van der Waals surface area contributed by atoms with Crippen molar-refractivity contribution in [3.8, 4) is 12.3 Å². The lowest BCUT2D eigenvalue weighted by Crippen LogP contribution is -2.26. The molecule has 2 nitrogen and oxygen atoms in total. The molecule has 1 atom stereocenters. The number of anilines is 1. The number of benzene rings is 1. The number of hydrogen-bond acceptors (Lipinski definition) is 2. The molecule has 1 aliphatic rings. The lowest BCUT2D eigenvalue weighted by molar-refractivity contribution is 0.577. The molecule has 1 aromatic rings. The molecule has 1 aromatic carbocycles. The summed E-state index contributed by atoms with van der Waals surface area (Å²) in [5, 5.41) is 3.34. The van der Waals surface area contributed by atoms with Crippen LogP contribution in [0.5, 0.6) is 0 Å². The van der Waals surface area contributed by atoms with E-state index in [1.807, 2.05) is 7.05 Å². The maximum absolute atomic E-state index is 5.48. The standard InChI is InChI=1S/C17H24N2/c1-4-12-19(13-14-6-7-14)16-10-8-15(9-11-16)17(5-2)18-3/h1,8-11,14,17-18H,5-7,12-13H2,2-3H3. The highest BCUT2D eigenvalue weighted by Crippen LogP contribution is 2.31. The summed E-state index contributed by atoms with van der Waals surface area (Å²) in [4.78, 5) is 2.32. The van der Waals surface area contributed by atoms with E-state index in [9.17, 15) is 0 Å². The fourth-order valence-electron chi connectivity index (χ4n) is 2.51. The molecule has 0 bridgehead atoms. The molecule has 0 saturated heterocycles. The van der Waals surface area contributed by atoms with Gasteiger partial charge in [0.2, 0.25) is 0 Å². The highest BCUT2D eigenvalue weighted by molar-refractivity contribution is 5.49. The number of nitrogens with one attached hydrogen (secondary N) is 1. The zero-order valence-corrected chi connectivity index (χ0v) is 12.0. The molecule has 1 unspecified atom stereocenters. The molecule has 0 aliphatic heterocycles. The van der Waals surface area contributed by atoms with Crippen molar-refractivity contribution in [3.05, 3.63) is 29.8 Å². The lowest BCUT2D eigenvalue weighted by atomic mass is 10.0. The Kier molecular flexibility index (Phi) is 4.87. The molecular weight excluding hydrogens is 232 g/mol. The number of rotatable bonds is 7. The summed E-state index contributed by atoms with van der Waals surface area (Å²) >= 11 is 0. The summed E-state index contributed by atoms with van der Waals surface area (Å²) < 4.78 is 0. The maximum Gasteiger partial charge on any atom is 0.0791 e. The van der Waals surface area contributed by atoms with Crippen LogP contribution >= 0.6 is 0 Å². The van der Waals surface area contributed by atoms with Crippen LogP contribution in [0.2, 0.25) is 0 Å².